The lowest BCUT2D eigenvalue weighted by Gasteiger charge is -2.29. The molecule has 0 spiro atoms. The Kier molecular flexibility index (Phi) is 3.39. The van der Waals surface area contributed by atoms with Gasteiger partial charge in [0.05, 0.1) is 5.69 Å². The molecular weight excluding hydrogens is 256 g/mol. The number of aromatic amines is 1. The molecule has 2 N–H and O–H groups in total. The standard InChI is InChI=1S/C14H16N4O2/c19-13-4-7-18(14(20)16-13)12-3-1-2-11(10-12)17-8-5-15-6-9-17/h1-4,7,10,15H,5-6,8-9H2,(H,16,19,20). The SMILES string of the molecule is O=c1ccn(-c2cccc(N3CCNCC3)c2)c(=O)[nH]1. The Morgan fingerprint density at radius 2 is 1.75 bits per heavy atom. The summed E-state index contributed by atoms with van der Waals surface area (Å²) in [7, 11) is 0. The van der Waals surface area contributed by atoms with Crippen molar-refractivity contribution in [1.29, 1.82) is 0 Å². The maximum absolute atomic E-state index is 11.8. The number of hydrogen-bond acceptors (Lipinski definition) is 4. The first-order valence-corrected chi connectivity index (χ1v) is 6.62. The van der Waals surface area contributed by atoms with E-state index in [1.54, 1.807) is 0 Å². The molecule has 1 aromatic carbocycles. The molecule has 0 radical (unpaired) electrons. The summed E-state index contributed by atoms with van der Waals surface area (Å²) in [5.74, 6) is 0. The summed E-state index contributed by atoms with van der Waals surface area (Å²) in [4.78, 5) is 27.5. The van der Waals surface area contributed by atoms with Gasteiger partial charge in [0.15, 0.2) is 0 Å². The summed E-state index contributed by atoms with van der Waals surface area (Å²) in [6.45, 7) is 3.82. The van der Waals surface area contributed by atoms with Gasteiger partial charge in [0.1, 0.15) is 0 Å². The van der Waals surface area contributed by atoms with Crippen molar-refractivity contribution in [1.82, 2.24) is 14.9 Å². The van der Waals surface area contributed by atoms with Crippen molar-refractivity contribution in [2.24, 2.45) is 0 Å². The summed E-state index contributed by atoms with van der Waals surface area (Å²) in [5, 5.41) is 3.31. The summed E-state index contributed by atoms with van der Waals surface area (Å²) < 4.78 is 1.44. The van der Waals surface area contributed by atoms with E-state index in [0.717, 1.165) is 37.6 Å². The molecule has 1 aromatic heterocycles. The van der Waals surface area contributed by atoms with Gasteiger partial charge in [-0.2, -0.15) is 0 Å². The number of H-pyrrole nitrogens is 1. The predicted octanol–water partition coefficient (Wildman–Crippen LogP) is -0.0646. The van der Waals surface area contributed by atoms with Gasteiger partial charge in [0, 0.05) is 44.1 Å². The molecule has 104 valence electrons. The highest BCUT2D eigenvalue weighted by molar-refractivity contribution is 5.53. The largest absolute Gasteiger partial charge is 0.369 e. The molecular formula is C14H16N4O2. The smallest absolute Gasteiger partial charge is 0.332 e. The van der Waals surface area contributed by atoms with Gasteiger partial charge in [0.25, 0.3) is 5.56 Å². The van der Waals surface area contributed by atoms with Crippen LogP contribution in [0.1, 0.15) is 0 Å². The van der Waals surface area contributed by atoms with Crippen LogP contribution in [0.25, 0.3) is 5.69 Å². The molecule has 1 aliphatic heterocycles. The zero-order chi connectivity index (χ0) is 13.9. The predicted molar refractivity (Wildman–Crippen MR) is 77.7 cm³/mol. The topological polar surface area (TPSA) is 70.1 Å². The molecule has 0 bridgehead atoms. The maximum atomic E-state index is 11.8. The zero-order valence-corrected chi connectivity index (χ0v) is 11.0. The third-order valence-corrected chi connectivity index (χ3v) is 3.41. The number of piperazine rings is 1. The summed E-state index contributed by atoms with van der Waals surface area (Å²) >= 11 is 0. The number of aromatic nitrogens is 2. The lowest BCUT2D eigenvalue weighted by Crippen LogP contribution is -2.43. The highest BCUT2D eigenvalue weighted by Gasteiger charge is 2.11. The Morgan fingerprint density at radius 1 is 1.00 bits per heavy atom. The Labute approximate surface area is 115 Å². The third-order valence-electron chi connectivity index (χ3n) is 3.41. The van der Waals surface area contributed by atoms with Crippen molar-refractivity contribution in [3.05, 3.63) is 57.4 Å². The van der Waals surface area contributed by atoms with Gasteiger partial charge in [-0.1, -0.05) is 6.07 Å². The van der Waals surface area contributed by atoms with Crippen LogP contribution in [-0.2, 0) is 0 Å². The minimum absolute atomic E-state index is 0.385. The monoisotopic (exact) mass is 272 g/mol. The molecule has 0 amide bonds. The van der Waals surface area contributed by atoms with Crippen LogP contribution in [-0.4, -0.2) is 35.7 Å². The molecule has 6 nitrogen and oxygen atoms in total. The quantitative estimate of drug-likeness (QED) is 0.803. The van der Waals surface area contributed by atoms with Crippen LogP contribution in [0.2, 0.25) is 0 Å². The van der Waals surface area contributed by atoms with E-state index in [2.05, 4.69) is 15.2 Å². The fourth-order valence-electron chi connectivity index (χ4n) is 2.38. The number of hydrogen-bond donors (Lipinski definition) is 2. The lowest BCUT2D eigenvalue weighted by atomic mass is 10.2. The molecule has 20 heavy (non-hydrogen) atoms. The van der Waals surface area contributed by atoms with E-state index in [4.69, 9.17) is 0 Å². The van der Waals surface area contributed by atoms with Crippen molar-refractivity contribution >= 4 is 5.69 Å². The van der Waals surface area contributed by atoms with E-state index in [1.165, 1.54) is 16.8 Å². The van der Waals surface area contributed by atoms with Crippen molar-refractivity contribution in [2.75, 3.05) is 31.1 Å². The van der Waals surface area contributed by atoms with Crippen molar-refractivity contribution < 1.29 is 0 Å². The second kappa shape index (κ2) is 5.34. The zero-order valence-electron chi connectivity index (χ0n) is 11.0. The van der Waals surface area contributed by atoms with Gasteiger partial charge in [-0.15, -0.1) is 0 Å². The van der Waals surface area contributed by atoms with Gasteiger partial charge in [-0.05, 0) is 18.2 Å². The summed E-state index contributed by atoms with van der Waals surface area (Å²) in [5.41, 5.74) is 1.03. The van der Waals surface area contributed by atoms with Crippen molar-refractivity contribution in [3.8, 4) is 5.69 Å². The van der Waals surface area contributed by atoms with E-state index in [1.807, 2.05) is 24.3 Å². The van der Waals surface area contributed by atoms with Gasteiger partial charge < -0.3 is 10.2 Å². The summed E-state index contributed by atoms with van der Waals surface area (Å²) in [6.07, 6.45) is 1.50. The molecule has 1 fully saturated rings. The van der Waals surface area contributed by atoms with Crippen LogP contribution >= 0.6 is 0 Å². The number of anilines is 1. The first-order valence-electron chi connectivity index (χ1n) is 6.62. The van der Waals surface area contributed by atoms with Crippen LogP contribution in [0.5, 0.6) is 0 Å². The van der Waals surface area contributed by atoms with Gasteiger partial charge >= 0.3 is 5.69 Å². The molecule has 0 unspecified atom stereocenters. The van der Waals surface area contributed by atoms with Crippen molar-refractivity contribution in [3.63, 3.8) is 0 Å². The second-order valence-electron chi connectivity index (χ2n) is 4.74. The lowest BCUT2D eigenvalue weighted by molar-refractivity contribution is 0.589. The molecule has 0 aliphatic carbocycles. The van der Waals surface area contributed by atoms with E-state index < -0.39 is 5.69 Å². The van der Waals surface area contributed by atoms with Crippen molar-refractivity contribution in [2.45, 2.75) is 0 Å². The highest BCUT2D eigenvalue weighted by Crippen LogP contribution is 2.18. The molecule has 2 aromatic rings. The van der Waals surface area contributed by atoms with Crippen LogP contribution < -0.4 is 21.5 Å². The third kappa shape index (κ3) is 2.50. The second-order valence-corrected chi connectivity index (χ2v) is 4.74. The Balaban J connectivity index is 1.98. The molecule has 0 atom stereocenters. The van der Waals surface area contributed by atoms with E-state index >= 15 is 0 Å². The minimum atomic E-state index is -0.421. The average Bonchev–Trinajstić information content (AvgIpc) is 2.48. The fourth-order valence-corrected chi connectivity index (χ4v) is 2.38. The Bertz CT molecular complexity index is 713. The van der Waals surface area contributed by atoms with Gasteiger partial charge in [-0.3, -0.25) is 14.3 Å². The number of nitrogens with zero attached hydrogens (tertiary/aromatic N) is 2. The number of rotatable bonds is 2. The average molecular weight is 272 g/mol. The summed E-state index contributed by atoms with van der Waals surface area (Å²) in [6, 6.07) is 9.12. The van der Waals surface area contributed by atoms with Gasteiger partial charge in [-0.25, -0.2) is 4.79 Å². The van der Waals surface area contributed by atoms with Crippen LogP contribution in [0.3, 0.4) is 0 Å². The number of benzene rings is 1. The Hall–Kier alpha value is -2.34. The van der Waals surface area contributed by atoms with Crippen LogP contribution in [0, 0.1) is 0 Å². The molecule has 1 aliphatic rings. The fraction of sp³-hybridized carbons (Fsp3) is 0.286. The first kappa shape index (κ1) is 12.7. The molecule has 6 heteroatoms. The van der Waals surface area contributed by atoms with E-state index in [9.17, 15) is 9.59 Å². The highest BCUT2D eigenvalue weighted by atomic mass is 16.2. The first-order chi connectivity index (χ1) is 9.74. The van der Waals surface area contributed by atoms with E-state index in [0.29, 0.717) is 0 Å². The molecule has 2 heterocycles. The van der Waals surface area contributed by atoms with E-state index in [-0.39, 0.29) is 5.56 Å². The molecule has 1 saturated heterocycles. The maximum Gasteiger partial charge on any atom is 0.332 e. The Morgan fingerprint density at radius 3 is 2.50 bits per heavy atom. The normalized spacial score (nSPS) is 15.3. The van der Waals surface area contributed by atoms with Crippen LogP contribution in [0.15, 0.2) is 46.1 Å². The van der Waals surface area contributed by atoms with Gasteiger partial charge in [0.2, 0.25) is 0 Å². The molecule has 3 rings (SSSR count). The number of nitrogens with one attached hydrogen (secondary N) is 2. The molecule has 0 saturated carbocycles. The van der Waals surface area contributed by atoms with Crippen LogP contribution in [0.4, 0.5) is 5.69 Å². The minimum Gasteiger partial charge on any atom is -0.369 e.